The van der Waals surface area contributed by atoms with E-state index >= 15 is 0 Å². The Morgan fingerprint density at radius 3 is 2.52 bits per heavy atom. The first-order chi connectivity index (χ1) is 14.8. The number of nitrogens with one attached hydrogen (secondary N) is 1. The van der Waals surface area contributed by atoms with Crippen LogP contribution in [-0.2, 0) is 21.4 Å². The molecule has 1 N–H and O–H groups in total. The van der Waals surface area contributed by atoms with Gasteiger partial charge in [-0.05, 0) is 43.2 Å². The van der Waals surface area contributed by atoms with Gasteiger partial charge in [0, 0.05) is 32.7 Å². The van der Waals surface area contributed by atoms with Crippen molar-refractivity contribution >= 4 is 15.9 Å². The quantitative estimate of drug-likeness (QED) is 0.737. The molecule has 7 nitrogen and oxygen atoms in total. The largest absolute Gasteiger partial charge is 0.340 e. The van der Waals surface area contributed by atoms with E-state index < -0.39 is 26.8 Å². The van der Waals surface area contributed by atoms with Crippen LogP contribution in [0, 0.1) is 17.1 Å². The molecule has 3 rings (SSSR count). The van der Waals surface area contributed by atoms with E-state index in [2.05, 4.69) is 15.7 Å². The number of carbonyl (C=O) groups is 1. The normalized spacial score (nSPS) is 16.4. The molecule has 1 saturated heterocycles. The Labute approximate surface area is 182 Å². The molecule has 2 aromatic rings. The highest BCUT2D eigenvalue weighted by atomic mass is 32.2. The van der Waals surface area contributed by atoms with E-state index in [0.29, 0.717) is 31.7 Å². The molecule has 1 fully saturated rings. The number of rotatable bonds is 6. The van der Waals surface area contributed by atoms with E-state index in [4.69, 9.17) is 5.26 Å². The van der Waals surface area contributed by atoms with Crippen molar-refractivity contribution < 1.29 is 17.6 Å². The van der Waals surface area contributed by atoms with Gasteiger partial charge in [-0.3, -0.25) is 9.69 Å². The van der Waals surface area contributed by atoms with Gasteiger partial charge in [-0.15, -0.1) is 0 Å². The van der Waals surface area contributed by atoms with Crippen LogP contribution in [0.2, 0.25) is 0 Å². The third-order valence-corrected chi connectivity index (χ3v) is 6.79. The molecule has 2 aromatic carbocycles. The summed E-state index contributed by atoms with van der Waals surface area (Å²) in [4.78, 5) is 16.2. The first-order valence-corrected chi connectivity index (χ1v) is 11.6. The minimum Gasteiger partial charge on any atom is -0.340 e. The van der Waals surface area contributed by atoms with Crippen LogP contribution in [0.25, 0.3) is 0 Å². The van der Waals surface area contributed by atoms with Gasteiger partial charge in [0.05, 0.1) is 17.7 Å². The summed E-state index contributed by atoms with van der Waals surface area (Å²) in [5.41, 5.74) is 1.70. The van der Waals surface area contributed by atoms with Crippen LogP contribution in [0.4, 0.5) is 4.39 Å². The number of hydrogen-bond donors (Lipinski definition) is 1. The summed E-state index contributed by atoms with van der Waals surface area (Å²) in [7, 11) is -4.15. The van der Waals surface area contributed by atoms with E-state index in [1.807, 2.05) is 12.1 Å². The topological polar surface area (TPSA) is 93.5 Å². The lowest BCUT2D eigenvalue weighted by atomic mass is 10.1. The molecule has 164 valence electrons. The number of halogens is 1. The highest BCUT2D eigenvalue weighted by Gasteiger charge is 2.28. The fourth-order valence-corrected chi connectivity index (χ4v) is 4.85. The Morgan fingerprint density at radius 1 is 1.13 bits per heavy atom. The van der Waals surface area contributed by atoms with Gasteiger partial charge in [0.15, 0.2) is 0 Å². The average Bonchev–Trinajstić information content (AvgIpc) is 2.99. The first-order valence-electron chi connectivity index (χ1n) is 10.1. The minimum atomic E-state index is -4.15. The monoisotopic (exact) mass is 444 g/mol. The molecule has 1 amide bonds. The minimum absolute atomic E-state index is 0.333. The van der Waals surface area contributed by atoms with Crippen LogP contribution in [0.3, 0.4) is 0 Å². The molecule has 0 radical (unpaired) electrons. The summed E-state index contributed by atoms with van der Waals surface area (Å²) in [6, 6.07) is 13.6. The zero-order valence-corrected chi connectivity index (χ0v) is 18.1. The van der Waals surface area contributed by atoms with Crippen molar-refractivity contribution in [3.8, 4) is 6.07 Å². The predicted octanol–water partition coefficient (Wildman–Crippen LogP) is 2.10. The van der Waals surface area contributed by atoms with Gasteiger partial charge in [0.1, 0.15) is 10.7 Å². The molecular weight excluding hydrogens is 419 g/mol. The summed E-state index contributed by atoms with van der Waals surface area (Å²) in [6.45, 7) is 4.64. The fraction of sp³-hybridized carbons (Fsp3) is 0.364. The summed E-state index contributed by atoms with van der Waals surface area (Å²) >= 11 is 0. The number of amides is 1. The highest BCUT2D eigenvalue weighted by molar-refractivity contribution is 7.89. The molecule has 1 heterocycles. The van der Waals surface area contributed by atoms with Crippen molar-refractivity contribution in [1.29, 1.82) is 5.26 Å². The molecule has 0 aliphatic carbocycles. The van der Waals surface area contributed by atoms with Gasteiger partial charge in [0.2, 0.25) is 15.9 Å². The van der Waals surface area contributed by atoms with Crippen molar-refractivity contribution in [1.82, 2.24) is 14.5 Å². The Morgan fingerprint density at radius 2 is 1.84 bits per heavy atom. The molecule has 0 aromatic heterocycles. The second-order valence-corrected chi connectivity index (χ2v) is 9.22. The molecule has 0 bridgehead atoms. The van der Waals surface area contributed by atoms with Crippen molar-refractivity contribution in [2.75, 3.05) is 26.2 Å². The molecule has 1 aliphatic rings. The number of hydrogen-bond acceptors (Lipinski definition) is 5. The van der Waals surface area contributed by atoms with Crippen molar-refractivity contribution in [3.05, 3.63) is 65.5 Å². The van der Waals surface area contributed by atoms with Crippen LogP contribution in [-0.4, -0.2) is 56.3 Å². The molecule has 0 spiro atoms. The number of nitrogens with zero attached hydrogens (tertiary/aromatic N) is 3. The van der Waals surface area contributed by atoms with E-state index in [-0.39, 0.29) is 5.91 Å². The van der Waals surface area contributed by atoms with Crippen LogP contribution >= 0.6 is 0 Å². The highest BCUT2D eigenvalue weighted by Crippen LogP contribution is 2.15. The smallest absolute Gasteiger partial charge is 0.244 e. The van der Waals surface area contributed by atoms with E-state index in [0.717, 1.165) is 24.6 Å². The van der Waals surface area contributed by atoms with Crippen LogP contribution in [0.5, 0.6) is 0 Å². The zero-order chi connectivity index (χ0) is 22.4. The van der Waals surface area contributed by atoms with Gasteiger partial charge >= 0.3 is 0 Å². The van der Waals surface area contributed by atoms with Gasteiger partial charge in [-0.2, -0.15) is 9.98 Å². The maximum atomic E-state index is 13.9. The van der Waals surface area contributed by atoms with Crippen molar-refractivity contribution in [2.24, 2.45) is 0 Å². The third kappa shape index (κ3) is 5.88. The molecule has 1 atom stereocenters. The maximum absolute atomic E-state index is 13.9. The van der Waals surface area contributed by atoms with E-state index in [1.165, 1.54) is 25.1 Å². The summed E-state index contributed by atoms with van der Waals surface area (Å²) in [5.74, 6) is -1.19. The molecule has 9 heteroatoms. The van der Waals surface area contributed by atoms with Crippen molar-refractivity contribution in [3.63, 3.8) is 0 Å². The molecular formula is C22H25FN4O3S. The standard InChI is InChI=1S/C22H25FN4O3S/c1-17(25-31(29,30)21-6-3-2-5-20(21)23)22(28)27-12-4-11-26(13-14-27)16-19-9-7-18(15-24)8-10-19/h2-3,5-10,17,25H,4,11-14,16H2,1H3/t17-/m0/s1. The summed E-state index contributed by atoms with van der Waals surface area (Å²) in [6.07, 6.45) is 0.759. The average molecular weight is 445 g/mol. The SMILES string of the molecule is C[C@H](NS(=O)(=O)c1ccccc1F)C(=O)N1CCCN(Cc2ccc(C#N)cc2)CC1. The number of sulfonamides is 1. The number of carbonyl (C=O) groups excluding carboxylic acids is 1. The Bertz CT molecular complexity index is 1070. The molecule has 31 heavy (non-hydrogen) atoms. The molecule has 0 unspecified atom stereocenters. The zero-order valence-electron chi connectivity index (χ0n) is 17.3. The van der Waals surface area contributed by atoms with Crippen LogP contribution < -0.4 is 4.72 Å². The summed E-state index contributed by atoms with van der Waals surface area (Å²) < 4.78 is 41.1. The van der Waals surface area contributed by atoms with Gasteiger partial charge in [0.25, 0.3) is 0 Å². The Balaban J connectivity index is 1.58. The lowest BCUT2D eigenvalue weighted by molar-refractivity contribution is -0.132. The van der Waals surface area contributed by atoms with Crippen LogP contribution in [0.15, 0.2) is 53.4 Å². The first kappa shape index (κ1) is 22.9. The lowest BCUT2D eigenvalue weighted by Crippen LogP contribution is -2.48. The van der Waals surface area contributed by atoms with Gasteiger partial charge in [-0.25, -0.2) is 12.8 Å². The summed E-state index contributed by atoms with van der Waals surface area (Å²) in [5, 5.41) is 8.90. The second-order valence-electron chi connectivity index (χ2n) is 7.54. The molecule has 1 aliphatic heterocycles. The third-order valence-electron chi connectivity index (χ3n) is 5.22. The second kappa shape index (κ2) is 10.0. The van der Waals surface area contributed by atoms with Gasteiger partial charge in [-0.1, -0.05) is 24.3 Å². The van der Waals surface area contributed by atoms with Crippen LogP contribution in [0.1, 0.15) is 24.5 Å². The molecule has 0 saturated carbocycles. The number of benzene rings is 2. The predicted molar refractivity (Wildman–Crippen MR) is 114 cm³/mol. The Hall–Kier alpha value is -2.80. The van der Waals surface area contributed by atoms with Gasteiger partial charge < -0.3 is 4.90 Å². The van der Waals surface area contributed by atoms with E-state index in [1.54, 1.807) is 17.0 Å². The maximum Gasteiger partial charge on any atom is 0.244 e. The Kier molecular flexibility index (Phi) is 7.38. The number of nitriles is 1. The van der Waals surface area contributed by atoms with E-state index in [9.17, 15) is 17.6 Å². The fourth-order valence-electron chi connectivity index (χ4n) is 3.58. The lowest BCUT2D eigenvalue weighted by Gasteiger charge is -2.25. The van der Waals surface area contributed by atoms with Crippen molar-refractivity contribution in [2.45, 2.75) is 30.8 Å².